The molecule has 0 fully saturated rings. The van der Waals surface area contributed by atoms with E-state index in [-0.39, 0.29) is 0 Å². The summed E-state index contributed by atoms with van der Waals surface area (Å²) in [7, 11) is 0. The smallest absolute Gasteiger partial charge is 0.0661 e. The van der Waals surface area contributed by atoms with Crippen molar-refractivity contribution in [2.24, 2.45) is 0 Å². The van der Waals surface area contributed by atoms with Crippen molar-refractivity contribution in [1.82, 2.24) is 0 Å². The lowest BCUT2D eigenvalue weighted by Crippen LogP contribution is -1.99. The third-order valence-electron chi connectivity index (χ3n) is 2.99. The Hall–Kier alpha value is -1.67. The van der Waals surface area contributed by atoms with E-state index in [2.05, 4.69) is 37.4 Å². The molecule has 0 aromatic heterocycles. The second kappa shape index (κ2) is 5.32. The Balaban J connectivity index is 2.39. The lowest BCUT2D eigenvalue weighted by Gasteiger charge is -2.15. The molecule has 0 aliphatic carbocycles. The van der Waals surface area contributed by atoms with Crippen LogP contribution in [0.5, 0.6) is 0 Å². The van der Waals surface area contributed by atoms with Crippen LogP contribution in [0.4, 0.5) is 17.1 Å². The number of nitrogen functional groups attached to an aromatic ring is 1. The molecule has 18 heavy (non-hydrogen) atoms. The van der Waals surface area contributed by atoms with Crippen molar-refractivity contribution in [2.45, 2.75) is 20.3 Å². The van der Waals surface area contributed by atoms with E-state index in [4.69, 9.17) is 17.3 Å². The predicted octanol–water partition coefficient (Wildman–Crippen LogP) is 4.54. The van der Waals surface area contributed by atoms with Gasteiger partial charge in [-0.1, -0.05) is 36.7 Å². The fourth-order valence-corrected chi connectivity index (χ4v) is 2.21. The predicted molar refractivity (Wildman–Crippen MR) is 79.7 cm³/mol. The highest BCUT2D eigenvalue weighted by Crippen LogP contribution is 2.30. The van der Waals surface area contributed by atoms with Crippen molar-refractivity contribution in [2.75, 3.05) is 11.1 Å². The first kappa shape index (κ1) is 12.8. The van der Waals surface area contributed by atoms with Gasteiger partial charge in [0.15, 0.2) is 0 Å². The van der Waals surface area contributed by atoms with E-state index in [0.717, 1.165) is 17.8 Å². The minimum absolute atomic E-state index is 0.639. The van der Waals surface area contributed by atoms with Gasteiger partial charge < -0.3 is 11.1 Å². The zero-order valence-corrected chi connectivity index (χ0v) is 11.4. The number of hydrogen-bond donors (Lipinski definition) is 2. The molecule has 0 saturated heterocycles. The molecule has 3 heteroatoms. The monoisotopic (exact) mass is 260 g/mol. The Kier molecular flexibility index (Phi) is 3.78. The molecule has 0 bridgehead atoms. The number of nitrogens with one attached hydrogen (secondary N) is 1. The Bertz CT molecular complexity index is 564. The summed E-state index contributed by atoms with van der Waals surface area (Å²) in [4.78, 5) is 0. The highest BCUT2D eigenvalue weighted by molar-refractivity contribution is 6.33. The van der Waals surface area contributed by atoms with Crippen molar-refractivity contribution >= 4 is 28.7 Å². The molecule has 0 aliphatic rings. The lowest BCUT2D eigenvalue weighted by atomic mass is 10.1. The van der Waals surface area contributed by atoms with Crippen molar-refractivity contribution in [3.8, 4) is 0 Å². The van der Waals surface area contributed by atoms with E-state index in [1.807, 2.05) is 12.1 Å². The highest BCUT2D eigenvalue weighted by Gasteiger charge is 2.07. The molecule has 0 spiro atoms. The van der Waals surface area contributed by atoms with Crippen LogP contribution in [0.25, 0.3) is 0 Å². The standard InChI is InChI=1S/C15H17ClN2/c1-3-11-6-4-5-10(2)15(11)18-14-8-7-12(17)9-13(14)16/h4-9,18H,3,17H2,1-2H3. The molecule has 3 N–H and O–H groups in total. The normalized spacial score (nSPS) is 10.4. The van der Waals surface area contributed by atoms with Crippen LogP contribution in [-0.2, 0) is 6.42 Å². The molecule has 0 heterocycles. The molecule has 0 atom stereocenters. The van der Waals surface area contributed by atoms with Gasteiger partial charge in [0, 0.05) is 11.4 Å². The lowest BCUT2D eigenvalue weighted by molar-refractivity contribution is 1.13. The number of rotatable bonds is 3. The molecule has 2 nitrogen and oxygen atoms in total. The van der Waals surface area contributed by atoms with E-state index in [1.54, 1.807) is 6.07 Å². The van der Waals surface area contributed by atoms with Crippen LogP contribution < -0.4 is 11.1 Å². The van der Waals surface area contributed by atoms with Crippen LogP contribution in [0.1, 0.15) is 18.1 Å². The maximum Gasteiger partial charge on any atom is 0.0661 e. The van der Waals surface area contributed by atoms with Crippen LogP contribution in [0, 0.1) is 6.92 Å². The largest absolute Gasteiger partial charge is 0.399 e. The Labute approximate surface area is 113 Å². The Morgan fingerprint density at radius 3 is 2.67 bits per heavy atom. The molecular formula is C15H17ClN2. The van der Waals surface area contributed by atoms with E-state index in [1.165, 1.54) is 11.1 Å². The van der Waals surface area contributed by atoms with Crippen LogP contribution >= 0.6 is 11.6 Å². The quantitative estimate of drug-likeness (QED) is 0.796. The van der Waals surface area contributed by atoms with Gasteiger partial charge in [0.25, 0.3) is 0 Å². The zero-order valence-electron chi connectivity index (χ0n) is 10.6. The molecule has 2 aromatic carbocycles. The molecule has 2 aromatic rings. The van der Waals surface area contributed by atoms with Crippen LogP contribution in [0.2, 0.25) is 5.02 Å². The second-order valence-corrected chi connectivity index (χ2v) is 4.73. The Morgan fingerprint density at radius 2 is 2.00 bits per heavy atom. The Morgan fingerprint density at radius 1 is 1.22 bits per heavy atom. The van der Waals surface area contributed by atoms with E-state index < -0.39 is 0 Å². The van der Waals surface area contributed by atoms with Crippen LogP contribution in [0.15, 0.2) is 36.4 Å². The van der Waals surface area contributed by atoms with Crippen LogP contribution in [0.3, 0.4) is 0 Å². The number of nitrogens with two attached hydrogens (primary N) is 1. The summed E-state index contributed by atoms with van der Waals surface area (Å²) in [6.07, 6.45) is 0.983. The maximum atomic E-state index is 6.18. The fraction of sp³-hybridized carbons (Fsp3) is 0.200. The molecule has 94 valence electrons. The van der Waals surface area contributed by atoms with Gasteiger partial charge in [-0.15, -0.1) is 0 Å². The number of hydrogen-bond acceptors (Lipinski definition) is 2. The molecule has 0 unspecified atom stereocenters. The van der Waals surface area contributed by atoms with Gasteiger partial charge in [-0.05, 0) is 42.7 Å². The summed E-state index contributed by atoms with van der Waals surface area (Å²) in [5.74, 6) is 0. The van der Waals surface area contributed by atoms with Crippen molar-refractivity contribution in [3.05, 3.63) is 52.5 Å². The number of halogens is 1. The SMILES string of the molecule is CCc1cccc(C)c1Nc1ccc(N)cc1Cl. The summed E-state index contributed by atoms with van der Waals surface area (Å²) >= 11 is 6.18. The minimum atomic E-state index is 0.639. The fourth-order valence-electron chi connectivity index (χ4n) is 1.97. The first-order valence-electron chi connectivity index (χ1n) is 6.02. The van der Waals surface area contributed by atoms with Gasteiger partial charge in [-0.25, -0.2) is 0 Å². The summed E-state index contributed by atoms with van der Waals surface area (Å²) in [5, 5.41) is 4.04. The number of benzene rings is 2. The number of aryl methyl sites for hydroxylation is 2. The third-order valence-corrected chi connectivity index (χ3v) is 3.31. The summed E-state index contributed by atoms with van der Waals surface area (Å²) in [5.41, 5.74) is 10.9. The number of para-hydroxylation sites is 1. The second-order valence-electron chi connectivity index (χ2n) is 4.33. The minimum Gasteiger partial charge on any atom is -0.399 e. The third kappa shape index (κ3) is 2.59. The first-order chi connectivity index (χ1) is 8.61. The molecule has 0 radical (unpaired) electrons. The average Bonchev–Trinajstić information content (AvgIpc) is 2.34. The average molecular weight is 261 g/mol. The molecule has 2 rings (SSSR count). The van der Waals surface area contributed by atoms with Crippen molar-refractivity contribution < 1.29 is 0 Å². The summed E-state index contributed by atoms with van der Waals surface area (Å²) < 4.78 is 0. The van der Waals surface area contributed by atoms with Gasteiger partial charge >= 0.3 is 0 Å². The molecule has 0 aliphatic heterocycles. The van der Waals surface area contributed by atoms with Gasteiger partial charge in [0.05, 0.1) is 10.7 Å². The van der Waals surface area contributed by atoms with E-state index in [9.17, 15) is 0 Å². The van der Waals surface area contributed by atoms with Gasteiger partial charge in [0.1, 0.15) is 0 Å². The summed E-state index contributed by atoms with van der Waals surface area (Å²) in [6.45, 7) is 4.23. The van der Waals surface area contributed by atoms with Gasteiger partial charge in [-0.2, -0.15) is 0 Å². The van der Waals surface area contributed by atoms with E-state index in [0.29, 0.717) is 10.7 Å². The summed E-state index contributed by atoms with van der Waals surface area (Å²) in [6, 6.07) is 11.8. The highest BCUT2D eigenvalue weighted by atomic mass is 35.5. The van der Waals surface area contributed by atoms with Crippen molar-refractivity contribution in [3.63, 3.8) is 0 Å². The molecule has 0 saturated carbocycles. The van der Waals surface area contributed by atoms with Gasteiger partial charge in [0.2, 0.25) is 0 Å². The topological polar surface area (TPSA) is 38.0 Å². The van der Waals surface area contributed by atoms with Crippen molar-refractivity contribution in [1.29, 1.82) is 0 Å². The van der Waals surface area contributed by atoms with E-state index >= 15 is 0 Å². The molecule has 0 amide bonds. The van der Waals surface area contributed by atoms with Crippen LogP contribution in [-0.4, -0.2) is 0 Å². The maximum absolute atomic E-state index is 6.18. The van der Waals surface area contributed by atoms with Gasteiger partial charge in [-0.3, -0.25) is 0 Å². The first-order valence-corrected chi connectivity index (χ1v) is 6.40. The zero-order chi connectivity index (χ0) is 13.1. The number of anilines is 3. The molecular weight excluding hydrogens is 244 g/mol.